The van der Waals surface area contributed by atoms with Crippen molar-refractivity contribution in [2.75, 3.05) is 6.54 Å². The smallest absolute Gasteiger partial charge is 0.0553 e. The lowest BCUT2D eigenvalue weighted by Gasteiger charge is -2.19. The minimum Gasteiger partial charge on any atom is -0.309 e. The Labute approximate surface area is 105 Å². The van der Waals surface area contributed by atoms with Crippen LogP contribution in [0.15, 0.2) is 12.3 Å². The zero-order valence-electron chi connectivity index (χ0n) is 11.2. The van der Waals surface area contributed by atoms with E-state index in [0.29, 0.717) is 6.04 Å². The molecule has 0 bridgehead atoms. The number of hydrogen-bond acceptors (Lipinski definition) is 2. The van der Waals surface area contributed by atoms with Crippen LogP contribution in [0.3, 0.4) is 0 Å². The van der Waals surface area contributed by atoms with Crippen LogP contribution in [-0.4, -0.2) is 16.3 Å². The zero-order valence-corrected chi connectivity index (χ0v) is 11.2. The maximum Gasteiger partial charge on any atom is 0.0553 e. The second kappa shape index (κ2) is 6.20. The highest BCUT2D eigenvalue weighted by atomic mass is 15.3. The first-order valence-electron chi connectivity index (χ1n) is 7.10. The number of rotatable bonds is 8. The van der Waals surface area contributed by atoms with E-state index < -0.39 is 0 Å². The minimum atomic E-state index is 0.511. The molecule has 1 unspecified atom stereocenters. The summed E-state index contributed by atoms with van der Waals surface area (Å²) in [4.78, 5) is 0. The van der Waals surface area contributed by atoms with Gasteiger partial charge in [0.1, 0.15) is 0 Å². The molecule has 3 nitrogen and oxygen atoms in total. The molecule has 0 radical (unpaired) electrons. The van der Waals surface area contributed by atoms with E-state index in [4.69, 9.17) is 0 Å². The number of nitrogens with one attached hydrogen (secondary N) is 1. The van der Waals surface area contributed by atoms with Crippen molar-refractivity contribution in [3.63, 3.8) is 0 Å². The zero-order chi connectivity index (χ0) is 12.1. The van der Waals surface area contributed by atoms with Crippen LogP contribution in [0.4, 0.5) is 0 Å². The van der Waals surface area contributed by atoms with Crippen LogP contribution in [0.2, 0.25) is 0 Å². The molecule has 1 atom stereocenters. The van der Waals surface area contributed by atoms with Gasteiger partial charge in [0, 0.05) is 18.8 Å². The van der Waals surface area contributed by atoms with E-state index in [9.17, 15) is 0 Å². The molecular formula is C14H25N3. The molecule has 3 heteroatoms. The molecule has 1 heterocycles. The van der Waals surface area contributed by atoms with Crippen LogP contribution >= 0.6 is 0 Å². The molecule has 2 rings (SSSR count). The van der Waals surface area contributed by atoms with E-state index in [-0.39, 0.29) is 0 Å². The normalized spacial score (nSPS) is 17.3. The second-order valence-electron chi connectivity index (χ2n) is 5.17. The van der Waals surface area contributed by atoms with E-state index in [2.05, 4.69) is 35.0 Å². The summed E-state index contributed by atoms with van der Waals surface area (Å²) in [7, 11) is 0. The van der Waals surface area contributed by atoms with Crippen molar-refractivity contribution in [1.82, 2.24) is 15.1 Å². The largest absolute Gasteiger partial charge is 0.309 e. The fourth-order valence-electron chi connectivity index (χ4n) is 2.35. The van der Waals surface area contributed by atoms with Gasteiger partial charge in [0.2, 0.25) is 0 Å². The number of aryl methyl sites for hydroxylation is 1. The number of nitrogens with zero attached hydrogens (tertiary/aromatic N) is 2. The third-order valence-corrected chi connectivity index (χ3v) is 3.45. The van der Waals surface area contributed by atoms with Gasteiger partial charge in [-0.05, 0) is 37.8 Å². The summed E-state index contributed by atoms with van der Waals surface area (Å²) in [6, 6.07) is 2.70. The molecule has 1 aromatic heterocycles. The molecule has 0 aromatic carbocycles. The summed E-state index contributed by atoms with van der Waals surface area (Å²) in [5.41, 5.74) is 1.38. The molecule has 17 heavy (non-hydrogen) atoms. The van der Waals surface area contributed by atoms with Crippen molar-refractivity contribution >= 4 is 0 Å². The minimum absolute atomic E-state index is 0.511. The summed E-state index contributed by atoms with van der Waals surface area (Å²) < 4.78 is 2.18. The molecule has 0 spiro atoms. The van der Waals surface area contributed by atoms with Crippen molar-refractivity contribution in [1.29, 1.82) is 0 Å². The fraction of sp³-hybridized carbons (Fsp3) is 0.786. The topological polar surface area (TPSA) is 29.9 Å². The Balaban J connectivity index is 2.02. The molecular weight excluding hydrogens is 210 g/mol. The number of hydrogen-bond donors (Lipinski definition) is 1. The third kappa shape index (κ3) is 3.56. The Morgan fingerprint density at radius 2 is 2.24 bits per heavy atom. The van der Waals surface area contributed by atoms with Crippen LogP contribution in [-0.2, 0) is 6.54 Å². The standard InChI is InChI=1S/C14H25N3/c1-3-8-15-13(11-12-5-6-12)14-7-9-16-17(14)10-4-2/h7,9,12-13,15H,3-6,8,10-11H2,1-2H3. The summed E-state index contributed by atoms with van der Waals surface area (Å²) in [5, 5.41) is 8.12. The van der Waals surface area contributed by atoms with E-state index in [0.717, 1.165) is 25.4 Å². The van der Waals surface area contributed by atoms with Crippen molar-refractivity contribution in [2.45, 2.75) is 58.5 Å². The Morgan fingerprint density at radius 3 is 2.88 bits per heavy atom. The van der Waals surface area contributed by atoms with Crippen LogP contribution in [0.25, 0.3) is 0 Å². The summed E-state index contributed by atoms with van der Waals surface area (Å²) in [5.74, 6) is 0.953. The van der Waals surface area contributed by atoms with E-state index in [1.807, 2.05) is 6.20 Å². The first kappa shape index (κ1) is 12.6. The molecule has 1 fully saturated rings. The lowest BCUT2D eigenvalue weighted by molar-refractivity contribution is 0.431. The second-order valence-corrected chi connectivity index (χ2v) is 5.17. The first-order valence-corrected chi connectivity index (χ1v) is 7.10. The molecule has 1 aliphatic carbocycles. The summed E-state index contributed by atoms with van der Waals surface area (Å²) in [6.45, 7) is 6.58. The van der Waals surface area contributed by atoms with Gasteiger partial charge in [-0.15, -0.1) is 0 Å². The first-order chi connectivity index (χ1) is 8.35. The molecule has 0 saturated heterocycles. The molecule has 1 aliphatic rings. The van der Waals surface area contributed by atoms with Gasteiger partial charge >= 0.3 is 0 Å². The van der Waals surface area contributed by atoms with Gasteiger partial charge in [-0.25, -0.2) is 0 Å². The van der Waals surface area contributed by atoms with Gasteiger partial charge in [0.15, 0.2) is 0 Å². The van der Waals surface area contributed by atoms with Crippen LogP contribution in [0, 0.1) is 5.92 Å². The van der Waals surface area contributed by atoms with Gasteiger partial charge in [-0.3, -0.25) is 4.68 Å². The Bertz CT molecular complexity index is 328. The predicted molar refractivity (Wildman–Crippen MR) is 70.9 cm³/mol. The lowest BCUT2D eigenvalue weighted by atomic mass is 10.1. The van der Waals surface area contributed by atoms with Crippen molar-refractivity contribution in [3.05, 3.63) is 18.0 Å². The number of aromatic nitrogens is 2. The van der Waals surface area contributed by atoms with Crippen LogP contribution in [0.5, 0.6) is 0 Å². The average molecular weight is 235 g/mol. The van der Waals surface area contributed by atoms with Crippen molar-refractivity contribution in [2.24, 2.45) is 5.92 Å². The average Bonchev–Trinajstić information content (AvgIpc) is 3.03. The maximum absolute atomic E-state index is 4.44. The van der Waals surface area contributed by atoms with Crippen LogP contribution in [0.1, 0.15) is 57.7 Å². The highest BCUT2D eigenvalue weighted by Crippen LogP contribution is 2.37. The van der Waals surface area contributed by atoms with Gasteiger partial charge in [-0.2, -0.15) is 5.10 Å². The molecule has 1 saturated carbocycles. The van der Waals surface area contributed by atoms with Crippen molar-refractivity contribution < 1.29 is 0 Å². The Hall–Kier alpha value is -0.830. The highest BCUT2D eigenvalue weighted by molar-refractivity contribution is 5.08. The van der Waals surface area contributed by atoms with Crippen molar-refractivity contribution in [3.8, 4) is 0 Å². The fourth-order valence-corrected chi connectivity index (χ4v) is 2.35. The quantitative estimate of drug-likeness (QED) is 0.750. The van der Waals surface area contributed by atoms with E-state index in [1.165, 1.54) is 31.4 Å². The van der Waals surface area contributed by atoms with E-state index >= 15 is 0 Å². The Morgan fingerprint density at radius 1 is 1.41 bits per heavy atom. The van der Waals surface area contributed by atoms with Gasteiger partial charge in [0.25, 0.3) is 0 Å². The SMILES string of the molecule is CCCNC(CC1CC1)c1ccnn1CCC. The van der Waals surface area contributed by atoms with Gasteiger partial charge < -0.3 is 5.32 Å². The summed E-state index contributed by atoms with van der Waals surface area (Å²) >= 11 is 0. The lowest BCUT2D eigenvalue weighted by Crippen LogP contribution is -2.25. The molecule has 0 aliphatic heterocycles. The predicted octanol–water partition coefficient (Wildman–Crippen LogP) is 3.13. The molecule has 1 aromatic rings. The molecule has 96 valence electrons. The van der Waals surface area contributed by atoms with E-state index in [1.54, 1.807) is 0 Å². The monoisotopic (exact) mass is 235 g/mol. The van der Waals surface area contributed by atoms with Crippen LogP contribution < -0.4 is 5.32 Å². The Kier molecular flexibility index (Phi) is 4.60. The summed E-state index contributed by atoms with van der Waals surface area (Å²) in [6.07, 6.45) is 8.42. The molecule has 0 amide bonds. The molecule has 1 N–H and O–H groups in total. The van der Waals surface area contributed by atoms with Gasteiger partial charge in [-0.1, -0.05) is 26.7 Å². The van der Waals surface area contributed by atoms with Gasteiger partial charge in [0.05, 0.1) is 5.69 Å². The maximum atomic E-state index is 4.44. The third-order valence-electron chi connectivity index (χ3n) is 3.45. The highest BCUT2D eigenvalue weighted by Gasteiger charge is 2.27.